The molecule has 2 unspecified atom stereocenters. The van der Waals surface area contributed by atoms with E-state index < -0.39 is 0 Å². The molecule has 1 aromatic rings. The Kier molecular flexibility index (Phi) is 1.25. The lowest BCUT2D eigenvalue weighted by molar-refractivity contribution is 0.124. The molecule has 0 spiro atoms. The van der Waals surface area contributed by atoms with Gasteiger partial charge in [0.05, 0.1) is 5.60 Å². The van der Waals surface area contributed by atoms with E-state index in [-0.39, 0.29) is 5.60 Å². The van der Waals surface area contributed by atoms with Gasteiger partial charge in [-0.25, -0.2) is 0 Å². The predicted octanol–water partition coefficient (Wildman–Crippen LogP) is 2.38. The molecule has 0 amide bonds. The van der Waals surface area contributed by atoms with Crippen LogP contribution in [0.1, 0.15) is 30.1 Å². The number of hydrogen-bond donors (Lipinski definition) is 1. The molecular formula is C10H12OS. The molecule has 0 radical (unpaired) electrons. The second kappa shape index (κ2) is 2.12. The number of hydrogen-bond acceptors (Lipinski definition) is 2. The monoisotopic (exact) mass is 180 g/mol. The summed E-state index contributed by atoms with van der Waals surface area (Å²) < 4.78 is 0. The topological polar surface area (TPSA) is 20.2 Å². The molecule has 1 heterocycles. The van der Waals surface area contributed by atoms with Crippen molar-refractivity contribution in [1.29, 1.82) is 0 Å². The first-order valence-corrected chi connectivity index (χ1v) is 5.43. The van der Waals surface area contributed by atoms with Crippen LogP contribution in [0, 0.1) is 5.92 Å². The van der Waals surface area contributed by atoms with Crippen LogP contribution >= 0.6 is 11.3 Å². The molecule has 0 aromatic carbocycles. The van der Waals surface area contributed by atoms with Gasteiger partial charge in [0.1, 0.15) is 0 Å². The second-order valence-corrected chi connectivity index (χ2v) is 5.05. The first-order valence-electron chi connectivity index (χ1n) is 4.55. The van der Waals surface area contributed by atoms with Crippen molar-refractivity contribution in [3.05, 3.63) is 22.4 Å². The van der Waals surface area contributed by atoms with Crippen molar-refractivity contribution >= 4 is 11.3 Å². The van der Waals surface area contributed by atoms with E-state index in [9.17, 15) is 5.11 Å². The third-order valence-corrected chi connectivity index (χ3v) is 4.16. The molecule has 2 saturated carbocycles. The Balaban J connectivity index is 1.76. The fraction of sp³-hybridized carbons (Fsp3) is 0.600. The van der Waals surface area contributed by atoms with Gasteiger partial charge in [0.2, 0.25) is 0 Å². The fourth-order valence-electron chi connectivity index (χ4n) is 2.10. The Labute approximate surface area is 76.0 Å². The lowest BCUT2D eigenvalue weighted by atomic mass is 10.1. The summed E-state index contributed by atoms with van der Waals surface area (Å²) in [6.45, 7) is 0. The molecule has 64 valence electrons. The van der Waals surface area contributed by atoms with Gasteiger partial charge in [-0.05, 0) is 42.5 Å². The molecule has 2 aliphatic carbocycles. The first kappa shape index (κ1) is 7.10. The van der Waals surface area contributed by atoms with Gasteiger partial charge >= 0.3 is 0 Å². The Morgan fingerprint density at radius 2 is 2.33 bits per heavy atom. The summed E-state index contributed by atoms with van der Waals surface area (Å²) >= 11 is 1.83. The van der Waals surface area contributed by atoms with Gasteiger partial charge in [0, 0.05) is 4.88 Å². The van der Waals surface area contributed by atoms with Crippen molar-refractivity contribution in [2.24, 2.45) is 5.92 Å². The molecule has 2 aliphatic rings. The highest BCUT2D eigenvalue weighted by Gasteiger charge is 2.59. The summed E-state index contributed by atoms with van der Waals surface area (Å²) in [6.07, 6.45) is 3.30. The molecule has 3 rings (SSSR count). The standard InChI is InChI=1S/C10H12OS/c11-10(3-4-10)8-6-7(8)9-2-1-5-12-9/h1-2,5,7-8,11H,3-4,6H2. The van der Waals surface area contributed by atoms with E-state index in [1.165, 1.54) is 11.3 Å². The van der Waals surface area contributed by atoms with Gasteiger partial charge in [-0.1, -0.05) is 6.07 Å². The zero-order valence-electron chi connectivity index (χ0n) is 6.86. The summed E-state index contributed by atoms with van der Waals surface area (Å²) in [5.74, 6) is 1.29. The van der Waals surface area contributed by atoms with Crippen LogP contribution in [0.5, 0.6) is 0 Å². The van der Waals surface area contributed by atoms with Crippen LogP contribution < -0.4 is 0 Å². The number of rotatable bonds is 2. The summed E-state index contributed by atoms with van der Waals surface area (Å²) in [5.41, 5.74) is -0.241. The largest absolute Gasteiger partial charge is 0.390 e. The van der Waals surface area contributed by atoms with Crippen LogP contribution in [0.3, 0.4) is 0 Å². The molecule has 1 nitrogen and oxygen atoms in total. The molecule has 2 heteroatoms. The maximum absolute atomic E-state index is 9.84. The van der Waals surface area contributed by atoms with E-state index >= 15 is 0 Å². The van der Waals surface area contributed by atoms with E-state index in [2.05, 4.69) is 17.5 Å². The zero-order valence-corrected chi connectivity index (χ0v) is 7.68. The van der Waals surface area contributed by atoms with Crippen molar-refractivity contribution < 1.29 is 5.11 Å². The lowest BCUT2D eigenvalue weighted by Crippen LogP contribution is -2.10. The van der Waals surface area contributed by atoms with Gasteiger partial charge in [-0.2, -0.15) is 0 Å². The Morgan fingerprint density at radius 3 is 2.92 bits per heavy atom. The zero-order chi connectivity index (χ0) is 8.18. The molecule has 0 aliphatic heterocycles. The van der Waals surface area contributed by atoms with Crippen LogP contribution in [0.2, 0.25) is 0 Å². The van der Waals surface area contributed by atoms with Gasteiger partial charge < -0.3 is 5.11 Å². The van der Waals surface area contributed by atoms with Gasteiger partial charge in [-0.15, -0.1) is 11.3 Å². The third kappa shape index (κ3) is 0.947. The van der Waals surface area contributed by atoms with Crippen molar-refractivity contribution in [3.63, 3.8) is 0 Å². The van der Waals surface area contributed by atoms with Crippen molar-refractivity contribution in [2.45, 2.75) is 30.8 Å². The van der Waals surface area contributed by atoms with Gasteiger partial charge in [-0.3, -0.25) is 0 Å². The molecule has 2 atom stereocenters. The minimum atomic E-state index is -0.241. The highest BCUT2D eigenvalue weighted by Crippen LogP contribution is 2.62. The Bertz CT molecular complexity index is 287. The molecule has 12 heavy (non-hydrogen) atoms. The molecular weight excluding hydrogens is 168 g/mol. The summed E-state index contributed by atoms with van der Waals surface area (Å²) in [6, 6.07) is 4.30. The number of aliphatic hydroxyl groups is 1. The smallest absolute Gasteiger partial charge is 0.0684 e. The van der Waals surface area contributed by atoms with Crippen LogP contribution in [-0.2, 0) is 0 Å². The quantitative estimate of drug-likeness (QED) is 0.741. The van der Waals surface area contributed by atoms with Crippen LogP contribution in [0.4, 0.5) is 0 Å². The molecule has 0 bridgehead atoms. The minimum absolute atomic E-state index is 0.241. The second-order valence-electron chi connectivity index (χ2n) is 4.07. The summed E-state index contributed by atoms with van der Waals surface area (Å²) in [4.78, 5) is 1.47. The maximum atomic E-state index is 9.84. The highest BCUT2D eigenvalue weighted by molar-refractivity contribution is 7.10. The van der Waals surface area contributed by atoms with E-state index in [0.717, 1.165) is 12.8 Å². The van der Waals surface area contributed by atoms with E-state index in [4.69, 9.17) is 0 Å². The van der Waals surface area contributed by atoms with Crippen molar-refractivity contribution in [1.82, 2.24) is 0 Å². The lowest BCUT2D eigenvalue weighted by Gasteiger charge is -2.04. The average Bonchev–Trinajstić information content (AvgIpc) is 2.95. The van der Waals surface area contributed by atoms with Crippen LogP contribution in [0.25, 0.3) is 0 Å². The SMILES string of the molecule is OC1(C2CC2c2cccs2)CC1. The Morgan fingerprint density at radius 1 is 1.50 bits per heavy atom. The molecule has 0 saturated heterocycles. The maximum Gasteiger partial charge on any atom is 0.0684 e. The fourth-order valence-corrected chi connectivity index (χ4v) is 3.01. The van der Waals surface area contributed by atoms with E-state index in [0.29, 0.717) is 11.8 Å². The Hall–Kier alpha value is -0.340. The number of thiophene rings is 1. The van der Waals surface area contributed by atoms with E-state index in [1.807, 2.05) is 11.3 Å². The van der Waals surface area contributed by atoms with E-state index in [1.54, 1.807) is 0 Å². The minimum Gasteiger partial charge on any atom is -0.390 e. The first-order chi connectivity index (χ1) is 5.80. The normalized spacial score (nSPS) is 36.4. The molecule has 1 aromatic heterocycles. The summed E-state index contributed by atoms with van der Waals surface area (Å²) in [5, 5.41) is 12.0. The van der Waals surface area contributed by atoms with Gasteiger partial charge in [0.25, 0.3) is 0 Å². The third-order valence-electron chi connectivity index (χ3n) is 3.15. The predicted molar refractivity (Wildman–Crippen MR) is 49.4 cm³/mol. The average molecular weight is 180 g/mol. The van der Waals surface area contributed by atoms with Crippen LogP contribution in [0.15, 0.2) is 17.5 Å². The van der Waals surface area contributed by atoms with Crippen molar-refractivity contribution in [3.8, 4) is 0 Å². The van der Waals surface area contributed by atoms with Gasteiger partial charge in [0.15, 0.2) is 0 Å². The molecule has 2 fully saturated rings. The summed E-state index contributed by atoms with van der Waals surface area (Å²) in [7, 11) is 0. The highest BCUT2D eigenvalue weighted by atomic mass is 32.1. The van der Waals surface area contributed by atoms with Crippen molar-refractivity contribution in [2.75, 3.05) is 0 Å². The van der Waals surface area contributed by atoms with Crippen LogP contribution in [-0.4, -0.2) is 10.7 Å². The molecule has 1 N–H and O–H groups in total.